The number of nitrogens with one attached hydrogen (secondary N) is 3. The maximum atomic E-state index is 12.7. The monoisotopic (exact) mass is 444 g/mol. The fourth-order valence-corrected chi connectivity index (χ4v) is 2.92. The summed E-state index contributed by atoms with van der Waals surface area (Å²) in [7, 11) is 1.42. The Labute approximate surface area is 188 Å². The number of hydroxylamine groups is 1. The molecule has 2 rings (SSSR count). The molecule has 0 fully saturated rings. The zero-order valence-corrected chi connectivity index (χ0v) is 18.9. The average molecular weight is 445 g/mol. The van der Waals surface area contributed by atoms with Crippen molar-refractivity contribution < 1.29 is 24.0 Å². The molecular weight excluding hydrogens is 412 g/mol. The molecule has 0 aliphatic rings. The molecule has 0 aliphatic carbocycles. The van der Waals surface area contributed by atoms with Crippen LogP contribution in [0.1, 0.15) is 32.8 Å². The Kier molecular flexibility index (Phi) is 9.13. The molecule has 9 heteroatoms. The van der Waals surface area contributed by atoms with Crippen LogP contribution in [-0.4, -0.2) is 49.1 Å². The van der Waals surface area contributed by atoms with Gasteiger partial charge >= 0.3 is 0 Å². The molecule has 2 aromatic carbocycles. The predicted octanol–water partition coefficient (Wildman–Crippen LogP) is 1.15. The second-order valence-electron chi connectivity index (χ2n) is 8.42. The van der Waals surface area contributed by atoms with Crippen LogP contribution in [-0.2, 0) is 30.5 Å². The van der Waals surface area contributed by atoms with Gasteiger partial charge in [0.05, 0.1) is 24.7 Å². The zero-order chi connectivity index (χ0) is 23.7. The molecule has 2 atom stereocenters. The molecule has 0 heterocycles. The van der Waals surface area contributed by atoms with E-state index < -0.39 is 35.4 Å². The van der Waals surface area contributed by atoms with Gasteiger partial charge < -0.3 is 21.1 Å². The van der Waals surface area contributed by atoms with Crippen molar-refractivity contribution in [2.75, 3.05) is 13.7 Å². The number of fused-ring (bicyclic) bond motifs is 1. The van der Waals surface area contributed by atoms with Gasteiger partial charge in [-0.1, -0.05) is 42.5 Å². The average Bonchev–Trinajstić information content (AvgIpc) is 2.75. The predicted molar refractivity (Wildman–Crippen MR) is 121 cm³/mol. The summed E-state index contributed by atoms with van der Waals surface area (Å²) in [6, 6.07) is 11.6. The lowest BCUT2D eigenvalue weighted by Gasteiger charge is -2.21. The summed E-state index contributed by atoms with van der Waals surface area (Å²) in [5.74, 6) is -1.59. The van der Waals surface area contributed by atoms with Crippen molar-refractivity contribution in [3.63, 3.8) is 0 Å². The fourth-order valence-electron chi connectivity index (χ4n) is 2.92. The number of hydrogen-bond donors (Lipinski definition) is 4. The molecule has 0 saturated heterocycles. The summed E-state index contributed by atoms with van der Waals surface area (Å²) in [6.45, 7) is 5.55. The highest BCUT2D eigenvalue weighted by molar-refractivity contribution is 5.92. The van der Waals surface area contributed by atoms with Crippen molar-refractivity contribution in [1.82, 2.24) is 16.1 Å². The summed E-state index contributed by atoms with van der Waals surface area (Å²) in [5, 5.41) is 7.48. The zero-order valence-electron chi connectivity index (χ0n) is 18.9. The van der Waals surface area contributed by atoms with E-state index in [0.29, 0.717) is 0 Å². The van der Waals surface area contributed by atoms with E-state index in [-0.39, 0.29) is 19.6 Å². The summed E-state index contributed by atoms with van der Waals surface area (Å²) < 4.78 is 5.07. The highest BCUT2D eigenvalue weighted by atomic mass is 16.7. The third kappa shape index (κ3) is 7.92. The van der Waals surface area contributed by atoms with Crippen molar-refractivity contribution in [2.45, 2.75) is 51.4 Å². The van der Waals surface area contributed by atoms with E-state index in [4.69, 9.17) is 15.3 Å². The van der Waals surface area contributed by atoms with E-state index in [0.717, 1.165) is 16.3 Å². The largest absolute Gasteiger partial charge is 0.382 e. The van der Waals surface area contributed by atoms with Crippen LogP contribution in [0.4, 0.5) is 0 Å². The lowest BCUT2D eigenvalue weighted by atomic mass is 10.0. The molecule has 2 aromatic rings. The molecule has 5 N–H and O–H groups in total. The minimum atomic E-state index is -1.15. The first kappa shape index (κ1) is 25.3. The first-order valence-corrected chi connectivity index (χ1v) is 10.4. The maximum Gasteiger partial charge on any atom is 0.245 e. The van der Waals surface area contributed by atoms with Gasteiger partial charge in [-0.2, -0.15) is 0 Å². The van der Waals surface area contributed by atoms with E-state index in [1.54, 1.807) is 20.8 Å². The number of rotatable bonds is 10. The van der Waals surface area contributed by atoms with Gasteiger partial charge in [-0.15, -0.1) is 0 Å². The van der Waals surface area contributed by atoms with Crippen molar-refractivity contribution in [3.05, 3.63) is 48.0 Å². The van der Waals surface area contributed by atoms with Crippen molar-refractivity contribution in [3.8, 4) is 0 Å². The summed E-state index contributed by atoms with van der Waals surface area (Å²) in [4.78, 5) is 42.2. The van der Waals surface area contributed by atoms with Gasteiger partial charge in [0, 0.05) is 13.7 Å². The third-order valence-corrected chi connectivity index (χ3v) is 4.51. The molecule has 3 amide bonds. The molecule has 0 radical (unpaired) electrons. The molecule has 0 saturated carbocycles. The van der Waals surface area contributed by atoms with E-state index in [9.17, 15) is 14.4 Å². The van der Waals surface area contributed by atoms with Crippen molar-refractivity contribution >= 4 is 28.5 Å². The van der Waals surface area contributed by atoms with Crippen LogP contribution in [0.15, 0.2) is 42.5 Å². The maximum absolute atomic E-state index is 12.7. The standard InChI is InChI=1S/C23H32N4O5/c1-23(2,3)32-27-20(28)12-18(24)21(29)26-19(14-31-4)22(30)25-13-16-10-7-9-15-8-5-6-11-17(15)16/h5-11,18-19H,12-14,24H2,1-4H3,(H,25,30)(H,26,29)(H,27,28)/t18-,19-/m0/s1. The Morgan fingerprint density at radius 3 is 2.41 bits per heavy atom. The van der Waals surface area contributed by atoms with Crippen LogP contribution in [0.5, 0.6) is 0 Å². The number of carbonyl (C=O) groups excluding carboxylic acids is 3. The molecule has 32 heavy (non-hydrogen) atoms. The van der Waals surface area contributed by atoms with E-state index >= 15 is 0 Å². The quantitative estimate of drug-likeness (QED) is 0.407. The minimum Gasteiger partial charge on any atom is -0.382 e. The normalized spacial score (nSPS) is 13.3. The number of nitrogens with two attached hydrogens (primary N) is 1. The molecule has 174 valence electrons. The fraction of sp³-hybridized carbons (Fsp3) is 0.435. The van der Waals surface area contributed by atoms with E-state index in [2.05, 4.69) is 16.1 Å². The van der Waals surface area contributed by atoms with Gasteiger partial charge in [-0.05, 0) is 37.1 Å². The van der Waals surface area contributed by atoms with Crippen LogP contribution in [0, 0.1) is 0 Å². The van der Waals surface area contributed by atoms with Crippen LogP contribution in [0.2, 0.25) is 0 Å². The van der Waals surface area contributed by atoms with Crippen molar-refractivity contribution in [2.24, 2.45) is 5.73 Å². The molecule has 0 spiro atoms. The molecular formula is C23H32N4O5. The minimum absolute atomic E-state index is 0.0425. The second-order valence-corrected chi connectivity index (χ2v) is 8.42. The summed E-state index contributed by atoms with van der Waals surface area (Å²) >= 11 is 0. The number of benzene rings is 2. The Morgan fingerprint density at radius 2 is 1.72 bits per heavy atom. The van der Waals surface area contributed by atoms with Crippen LogP contribution < -0.4 is 21.8 Å². The molecule has 0 unspecified atom stereocenters. The summed E-state index contributed by atoms with van der Waals surface area (Å²) in [5.41, 5.74) is 8.46. The number of ether oxygens (including phenoxy) is 1. The van der Waals surface area contributed by atoms with E-state index in [1.165, 1.54) is 7.11 Å². The van der Waals surface area contributed by atoms with Gasteiger partial charge in [-0.3, -0.25) is 19.2 Å². The highest BCUT2D eigenvalue weighted by Gasteiger charge is 2.25. The van der Waals surface area contributed by atoms with Gasteiger partial charge in [0.1, 0.15) is 6.04 Å². The summed E-state index contributed by atoms with van der Waals surface area (Å²) in [6.07, 6.45) is -0.292. The Hall–Kier alpha value is -3.01. The molecule has 0 aliphatic heterocycles. The van der Waals surface area contributed by atoms with Gasteiger partial charge in [0.2, 0.25) is 17.7 Å². The second kappa shape index (κ2) is 11.6. The lowest BCUT2D eigenvalue weighted by molar-refractivity contribution is -0.147. The topological polar surface area (TPSA) is 132 Å². The van der Waals surface area contributed by atoms with Crippen LogP contribution in [0.3, 0.4) is 0 Å². The highest BCUT2D eigenvalue weighted by Crippen LogP contribution is 2.18. The Balaban J connectivity index is 1.93. The third-order valence-electron chi connectivity index (χ3n) is 4.51. The van der Waals surface area contributed by atoms with Gasteiger partial charge in [0.25, 0.3) is 0 Å². The SMILES string of the molecule is COC[C@H](NC(=O)[C@@H](N)CC(=O)NOC(C)(C)C)C(=O)NCc1cccc2ccccc12. The molecule has 0 aromatic heterocycles. The lowest BCUT2D eigenvalue weighted by Crippen LogP contribution is -2.54. The first-order chi connectivity index (χ1) is 15.1. The smallest absolute Gasteiger partial charge is 0.245 e. The number of methoxy groups -OCH3 is 1. The first-order valence-electron chi connectivity index (χ1n) is 10.4. The van der Waals surface area contributed by atoms with Gasteiger partial charge in [-0.25, -0.2) is 5.48 Å². The number of amides is 3. The molecule has 0 bridgehead atoms. The number of hydrogen-bond acceptors (Lipinski definition) is 6. The van der Waals surface area contributed by atoms with Crippen LogP contribution in [0.25, 0.3) is 10.8 Å². The Bertz CT molecular complexity index is 936. The molecule has 9 nitrogen and oxygen atoms in total. The van der Waals surface area contributed by atoms with E-state index in [1.807, 2.05) is 42.5 Å². The number of carbonyl (C=O) groups is 3. The Morgan fingerprint density at radius 1 is 1.03 bits per heavy atom. The van der Waals surface area contributed by atoms with Crippen molar-refractivity contribution in [1.29, 1.82) is 0 Å². The van der Waals surface area contributed by atoms with Crippen LogP contribution >= 0.6 is 0 Å². The van der Waals surface area contributed by atoms with Gasteiger partial charge in [0.15, 0.2) is 0 Å².